The molecule has 0 aromatic heterocycles. The van der Waals surface area contributed by atoms with Gasteiger partial charge in [-0.2, -0.15) is 0 Å². The molecule has 0 bridgehead atoms. The molecule has 0 amide bonds. The van der Waals surface area contributed by atoms with Crippen LogP contribution < -0.4 is 10.6 Å². The summed E-state index contributed by atoms with van der Waals surface area (Å²) in [5.41, 5.74) is -0.0822. The van der Waals surface area contributed by atoms with Crippen molar-refractivity contribution >= 4 is 5.96 Å². The zero-order chi connectivity index (χ0) is 22.1. The molecule has 0 heterocycles. The van der Waals surface area contributed by atoms with E-state index in [9.17, 15) is 5.11 Å². The van der Waals surface area contributed by atoms with Crippen LogP contribution in [-0.4, -0.2) is 65.5 Å². The molecule has 0 aliphatic rings. The molecule has 1 unspecified atom stereocenters. The maximum absolute atomic E-state index is 9.81. The molecule has 0 fully saturated rings. The fourth-order valence-electron chi connectivity index (χ4n) is 3.34. The number of hydrogen-bond acceptors (Lipinski definition) is 4. The van der Waals surface area contributed by atoms with Crippen molar-refractivity contribution in [3.8, 4) is 0 Å². The SMILES string of the molecule is CC(C)CCCCCCN(CCCCCCNC(=N)NC(C)(C)C)CC(O)CO. The predicted molar refractivity (Wildman–Crippen MR) is 125 cm³/mol. The molecule has 6 heteroatoms. The number of unbranched alkanes of at least 4 members (excludes halogenated alkanes) is 6. The minimum atomic E-state index is -0.638. The van der Waals surface area contributed by atoms with Crippen molar-refractivity contribution in [2.75, 3.05) is 32.8 Å². The van der Waals surface area contributed by atoms with Gasteiger partial charge in [0.2, 0.25) is 0 Å². The third kappa shape index (κ3) is 20.2. The van der Waals surface area contributed by atoms with Gasteiger partial charge in [-0.3, -0.25) is 5.41 Å². The molecule has 0 radical (unpaired) electrons. The molecular formula is C23H50N4O2. The van der Waals surface area contributed by atoms with Gasteiger partial charge < -0.3 is 25.7 Å². The van der Waals surface area contributed by atoms with Crippen LogP contribution in [0.25, 0.3) is 0 Å². The number of aliphatic hydroxyl groups is 2. The highest BCUT2D eigenvalue weighted by Gasteiger charge is 2.11. The summed E-state index contributed by atoms with van der Waals surface area (Å²) in [6, 6.07) is 0. The lowest BCUT2D eigenvalue weighted by molar-refractivity contribution is 0.0579. The first kappa shape index (κ1) is 28.1. The van der Waals surface area contributed by atoms with Crippen LogP contribution in [0.1, 0.15) is 92.4 Å². The third-order valence-electron chi connectivity index (χ3n) is 4.89. The van der Waals surface area contributed by atoms with Crippen LogP contribution in [0.2, 0.25) is 0 Å². The molecular weight excluding hydrogens is 364 g/mol. The Kier molecular flexibility index (Phi) is 16.4. The first-order valence-electron chi connectivity index (χ1n) is 11.8. The van der Waals surface area contributed by atoms with E-state index in [2.05, 4.69) is 29.4 Å². The Labute approximate surface area is 180 Å². The summed E-state index contributed by atoms with van der Waals surface area (Å²) in [5, 5.41) is 33.1. The molecule has 29 heavy (non-hydrogen) atoms. The third-order valence-corrected chi connectivity index (χ3v) is 4.89. The van der Waals surface area contributed by atoms with E-state index in [0.29, 0.717) is 12.5 Å². The van der Waals surface area contributed by atoms with Crippen molar-refractivity contribution < 1.29 is 10.2 Å². The van der Waals surface area contributed by atoms with Crippen LogP contribution in [0.15, 0.2) is 0 Å². The van der Waals surface area contributed by atoms with E-state index < -0.39 is 6.10 Å². The highest BCUT2D eigenvalue weighted by atomic mass is 16.3. The van der Waals surface area contributed by atoms with E-state index in [1.807, 2.05) is 20.8 Å². The molecule has 0 aliphatic carbocycles. The normalized spacial score (nSPS) is 13.1. The van der Waals surface area contributed by atoms with E-state index in [-0.39, 0.29) is 12.1 Å². The summed E-state index contributed by atoms with van der Waals surface area (Å²) in [4.78, 5) is 2.31. The topological polar surface area (TPSA) is 91.6 Å². The van der Waals surface area contributed by atoms with Gasteiger partial charge in [0.25, 0.3) is 0 Å². The number of nitrogens with zero attached hydrogens (tertiary/aromatic N) is 1. The summed E-state index contributed by atoms with van der Waals surface area (Å²) < 4.78 is 0. The van der Waals surface area contributed by atoms with Gasteiger partial charge in [0.05, 0.1) is 12.7 Å². The zero-order valence-corrected chi connectivity index (χ0v) is 19.9. The summed E-state index contributed by atoms with van der Waals surface area (Å²) in [6.45, 7) is 13.9. The van der Waals surface area contributed by atoms with Crippen molar-refractivity contribution in [2.24, 2.45) is 5.92 Å². The fourth-order valence-corrected chi connectivity index (χ4v) is 3.34. The zero-order valence-electron chi connectivity index (χ0n) is 19.9. The van der Waals surface area contributed by atoms with Crippen molar-refractivity contribution in [3.05, 3.63) is 0 Å². The number of aliphatic hydroxyl groups excluding tert-OH is 2. The van der Waals surface area contributed by atoms with Crippen LogP contribution >= 0.6 is 0 Å². The second-order valence-corrected chi connectivity index (χ2v) is 9.82. The minimum absolute atomic E-state index is 0.0822. The largest absolute Gasteiger partial charge is 0.394 e. The van der Waals surface area contributed by atoms with Gasteiger partial charge in [0.1, 0.15) is 0 Å². The van der Waals surface area contributed by atoms with Crippen molar-refractivity contribution in [1.82, 2.24) is 15.5 Å². The van der Waals surface area contributed by atoms with Gasteiger partial charge in [-0.15, -0.1) is 0 Å². The monoisotopic (exact) mass is 414 g/mol. The Morgan fingerprint density at radius 2 is 1.48 bits per heavy atom. The van der Waals surface area contributed by atoms with Crippen molar-refractivity contribution in [2.45, 2.75) is 104 Å². The molecule has 0 aromatic carbocycles. The van der Waals surface area contributed by atoms with E-state index in [4.69, 9.17) is 10.5 Å². The molecule has 5 N–H and O–H groups in total. The molecule has 0 aliphatic heterocycles. The lowest BCUT2D eigenvalue weighted by Crippen LogP contribution is -2.47. The quantitative estimate of drug-likeness (QED) is 0.142. The number of nitrogens with one attached hydrogen (secondary N) is 3. The van der Waals surface area contributed by atoms with Crippen molar-refractivity contribution in [3.63, 3.8) is 0 Å². The van der Waals surface area contributed by atoms with E-state index in [1.165, 1.54) is 32.1 Å². The first-order chi connectivity index (χ1) is 13.6. The van der Waals surface area contributed by atoms with Gasteiger partial charge in [-0.05, 0) is 59.0 Å². The number of rotatable bonds is 17. The molecule has 6 nitrogen and oxygen atoms in total. The number of hydrogen-bond donors (Lipinski definition) is 5. The molecule has 1 atom stereocenters. The van der Waals surface area contributed by atoms with Gasteiger partial charge in [0, 0.05) is 18.6 Å². The number of guanidine groups is 1. The smallest absolute Gasteiger partial charge is 0.188 e. The van der Waals surface area contributed by atoms with Gasteiger partial charge in [-0.1, -0.05) is 52.4 Å². The second kappa shape index (κ2) is 16.9. The fraction of sp³-hybridized carbons (Fsp3) is 0.957. The highest BCUT2D eigenvalue weighted by Crippen LogP contribution is 2.11. The lowest BCUT2D eigenvalue weighted by atomic mass is 10.0. The van der Waals surface area contributed by atoms with Crippen LogP contribution in [0.4, 0.5) is 0 Å². The van der Waals surface area contributed by atoms with Gasteiger partial charge >= 0.3 is 0 Å². The standard InChI is InChI=1S/C23H50N4O2/c1-20(2)14-10-6-8-12-16-27(18-21(29)19-28)17-13-9-7-11-15-25-22(24)26-23(3,4)5/h20-21,28-29H,6-19H2,1-5H3,(H3,24,25,26). The van der Waals surface area contributed by atoms with Crippen molar-refractivity contribution in [1.29, 1.82) is 5.41 Å². The van der Waals surface area contributed by atoms with Gasteiger partial charge in [-0.25, -0.2) is 0 Å². The Balaban J connectivity index is 3.86. The van der Waals surface area contributed by atoms with E-state index in [0.717, 1.165) is 51.2 Å². The molecule has 0 rings (SSSR count). The molecule has 0 spiro atoms. The van der Waals surface area contributed by atoms with Gasteiger partial charge in [0.15, 0.2) is 5.96 Å². The predicted octanol–water partition coefficient (Wildman–Crippen LogP) is 3.72. The summed E-state index contributed by atoms with van der Waals surface area (Å²) in [6.07, 6.45) is 10.2. The molecule has 0 aromatic rings. The average Bonchev–Trinajstić information content (AvgIpc) is 2.61. The van der Waals surface area contributed by atoms with E-state index in [1.54, 1.807) is 0 Å². The summed E-state index contributed by atoms with van der Waals surface area (Å²) in [7, 11) is 0. The summed E-state index contributed by atoms with van der Waals surface area (Å²) >= 11 is 0. The summed E-state index contributed by atoms with van der Waals surface area (Å²) in [5.74, 6) is 1.19. The highest BCUT2D eigenvalue weighted by molar-refractivity contribution is 5.77. The van der Waals surface area contributed by atoms with Crippen LogP contribution in [0.3, 0.4) is 0 Å². The Morgan fingerprint density at radius 1 is 0.931 bits per heavy atom. The van der Waals surface area contributed by atoms with Crippen LogP contribution in [0, 0.1) is 11.3 Å². The van der Waals surface area contributed by atoms with Crippen LogP contribution in [0.5, 0.6) is 0 Å². The lowest BCUT2D eigenvalue weighted by Gasteiger charge is -2.24. The maximum Gasteiger partial charge on any atom is 0.188 e. The minimum Gasteiger partial charge on any atom is -0.394 e. The second-order valence-electron chi connectivity index (χ2n) is 9.82. The first-order valence-corrected chi connectivity index (χ1v) is 11.8. The van der Waals surface area contributed by atoms with Crippen LogP contribution in [-0.2, 0) is 0 Å². The Bertz CT molecular complexity index is 397. The Morgan fingerprint density at radius 3 is 2.00 bits per heavy atom. The molecule has 174 valence electrons. The average molecular weight is 415 g/mol. The maximum atomic E-state index is 9.81. The van der Waals surface area contributed by atoms with E-state index >= 15 is 0 Å². The Hall–Kier alpha value is -0.850. The molecule has 0 saturated heterocycles. The molecule has 0 saturated carbocycles.